The summed E-state index contributed by atoms with van der Waals surface area (Å²) < 4.78 is 26.6. The quantitative estimate of drug-likeness (QED) is 0.757. The van der Waals surface area contributed by atoms with E-state index in [-0.39, 0.29) is 6.42 Å². The maximum absolute atomic E-state index is 13.4. The Morgan fingerprint density at radius 2 is 1.88 bits per heavy atom. The van der Waals surface area contributed by atoms with Gasteiger partial charge in [-0.25, -0.2) is 8.78 Å². The van der Waals surface area contributed by atoms with Crippen molar-refractivity contribution in [1.82, 2.24) is 0 Å². The molecule has 1 amide bonds. The van der Waals surface area contributed by atoms with Gasteiger partial charge < -0.3 is 15.7 Å². The van der Waals surface area contributed by atoms with Gasteiger partial charge >= 0.3 is 0 Å². The fourth-order valence-electron chi connectivity index (χ4n) is 2.40. The van der Waals surface area contributed by atoms with Gasteiger partial charge in [-0.15, -0.1) is 0 Å². The maximum atomic E-state index is 13.4. The molecule has 1 saturated carbocycles. The topological polar surface area (TPSA) is 61.4 Å². The predicted octanol–water partition coefficient (Wildman–Crippen LogP) is 3.60. The monoisotopic (exact) mass is 332 g/mol. The van der Waals surface area contributed by atoms with Crippen molar-refractivity contribution in [3.05, 3.63) is 59.7 Å². The van der Waals surface area contributed by atoms with E-state index in [0.717, 1.165) is 12.8 Å². The fourth-order valence-corrected chi connectivity index (χ4v) is 2.40. The van der Waals surface area contributed by atoms with Gasteiger partial charge in [-0.3, -0.25) is 4.79 Å². The summed E-state index contributed by atoms with van der Waals surface area (Å²) in [5.41, 5.74) is 1.31. The minimum atomic E-state index is -1.11. The molecule has 126 valence electrons. The Hall–Kier alpha value is -2.47. The summed E-state index contributed by atoms with van der Waals surface area (Å²) in [6, 6.07) is 9.86. The highest BCUT2D eigenvalue weighted by atomic mass is 19.1. The van der Waals surface area contributed by atoms with Crippen molar-refractivity contribution < 1.29 is 18.7 Å². The number of amides is 1. The molecule has 2 aromatic carbocycles. The van der Waals surface area contributed by atoms with Crippen molar-refractivity contribution in [3.63, 3.8) is 0 Å². The third-order valence-electron chi connectivity index (χ3n) is 3.80. The van der Waals surface area contributed by atoms with E-state index in [0.29, 0.717) is 23.0 Å². The van der Waals surface area contributed by atoms with Crippen LogP contribution in [0, 0.1) is 11.6 Å². The fraction of sp³-hybridized carbons (Fsp3) is 0.278. The zero-order valence-corrected chi connectivity index (χ0v) is 12.9. The SMILES string of the molecule is O=C(CC(O)c1cccc(F)c1)Nc1ccc(F)cc1NC1CC1. The van der Waals surface area contributed by atoms with E-state index >= 15 is 0 Å². The second-order valence-corrected chi connectivity index (χ2v) is 5.93. The average molecular weight is 332 g/mol. The molecule has 0 aromatic heterocycles. The predicted molar refractivity (Wildman–Crippen MR) is 87.7 cm³/mol. The van der Waals surface area contributed by atoms with Crippen LogP contribution in [0.2, 0.25) is 0 Å². The molecule has 0 bridgehead atoms. The van der Waals surface area contributed by atoms with Gasteiger partial charge in [0.25, 0.3) is 0 Å². The minimum absolute atomic E-state index is 0.219. The number of benzene rings is 2. The molecule has 2 aromatic rings. The van der Waals surface area contributed by atoms with Crippen LogP contribution in [0.4, 0.5) is 20.2 Å². The second-order valence-electron chi connectivity index (χ2n) is 5.93. The van der Waals surface area contributed by atoms with Crippen molar-refractivity contribution in [3.8, 4) is 0 Å². The molecule has 0 radical (unpaired) electrons. The minimum Gasteiger partial charge on any atom is -0.388 e. The summed E-state index contributed by atoms with van der Waals surface area (Å²) in [7, 11) is 0. The molecule has 6 heteroatoms. The van der Waals surface area contributed by atoms with Gasteiger partial charge in [0.1, 0.15) is 11.6 Å². The van der Waals surface area contributed by atoms with Crippen molar-refractivity contribution >= 4 is 17.3 Å². The molecule has 0 heterocycles. The Kier molecular flexibility index (Phi) is 4.76. The van der Waals surface area contributed by atoms with Crippen LogP contribution < -0.4 is 10.6 Å². The van der Waals surface area contributed by atoms with Crippen LogP contribution >= 0.6 is 0 Å². The lowest BCUT2D eigenvalue weighted by Gasteiger charge is -2.15. The van der Waals surface area contributed by atoms with E-state index in [9.17, 15) is 18.7 Å². The molecule has 4 nitrogen and oxygen atoms in total. The molecule has 0 spiro atoms. The summed E-state index contributed by atoms with van der Waals surface area (Å²) in [4.78, 5) is 12.1. The normalized spacial score (nSPS) is 15.0. The van der Waals surface area contributed by atoms with Crippen LogP contribution in [0.15, 0.2) is 42.5 Å². The van der Waals surface area contributed by atoms with Crippen LogP contribution in [0.25, 0.3) is 0 Å². The highest BCUT2D eigenvalue weighted by molar-refractivity contribution is 5.94. The lowest BCUT2D eigenvalue weighted by atomic mass is 10.1. The molecule has 1 atom stereocenters. The van der Waals surface area contributed by atoms with E-state index in [1.54, 1.807) is 6.07 Å². The van der Waals surface area contributed by atoms with Crippen LogP contribution in [0.5, 0.6) is 0 Å². The van der Waals surface area contributed by atoms with Gasteiger partial charge in [0, 0.05) is 6.04 Å². The summed E-state index contributed by atoms with van der Waals surface area (Å²) in [6.45, 7) is 0. The lowest BCUT2D eigenvalue weighted by Crippen LogP contribution is -2.17. The average Bonchev–Trinajstić information content (AvgIpc) is 3.34. The van der Waals surface area contributed by atoms with Gasteiger partial charge in [-0.1, -0.05) is 12.1 Å². The lowest BCUT2D eigenvalue weighted by molar-refractivity contribution is -0.118. The summed E-state index contributed by atoms with van der Waals surface area (Å²) in [6.07, 6.45) is 0.703. The van der Waals surface area contributed by atoms with Crippen molar-refractivity contribution in [2.45, 2.75) is 31.4 Å². The summed E-state index contributed by atoms with van der Waals surface area (Å²) in [5, 5.41) is 15.9. The van der Waals surface area contributed by atoms with Gasteiger partial charge in [0.2, 0.25) is 5.91 Å². The Labute approximate surface area is 138 Å². The van der Waals surface area contributed by atoms with Gasteiger partial charge in [-0.05, 0) is 48.7 Å². The zero-order chi connectivity index (χ0) is 17.1. The van der Waals surface area contributed by atoms with Gasteiger partial charge in [0.05, 0.1) is 23.9 Å². The maximum Gasteiger partial charge on any atom is 0.227 e. The molecule has 0 saturated heterocycles. The Balaban J connectivity index is 1.66. The molecular weight excluding hydrogens is 314 g/mol. The van der Waals surface area contributed by atoms with E-state index in [2.05, 4.69) is 10.6 Å². The van der Waals surface area contributed by atoms with Gasteiger partial charge in [-0.2, -0.15) is 0 Å². The molecule has 1 fully saturated rings. The number of aliphatic hydroxyl groups excluding tert-OH is 1. The summed E-state index contributed by atoms with van der Waals surface area (Å²) in [5.74, 6) is -1.30. The molecule has 1 aliphatic rings. The number of nitrogens with one attached hydrogen (secondary N) is 2. The number of carbonyl (C=O) groups is 1. The Bertz CT molecular complexity index is 748. The zero-order valence-electron chi connectivity index (χ0n) is 12.9. The number of hydrogen-bond donors (Lipinski definition) is 3. The molecule has 0 aliphatic heterocycles. The standard InChI is InChI=1S/C18H18F2N2O2/c19-12-3-1-2-11(8-12)17(23)10-18(24)22-15-7-4-13(20)9-16(15)21-14-5-6-14/h1-4,7-9,14,17,21,23H,5-6,10H2,(H,22,24). The largest absolute Gasteiger partial charge is 0.388 e. The number of halogens is 2. The number of anilines is 2. The highest BCUT2D eigenvalue weighted by Gasteiger charge is 2.23. The molecule has 1 aliphatic carbocycles. The first-order chi connectivity index (χ1) is 11.5. The van der Waals surface area contributed by atoms with Crippen molar-refractivity contribution in [1.29, 1.82) is 0 Å². The number of rotatable bonds is 6. The first kappa shape index (κ1) is 16.4. The molecule has 24 heavy (non-hydrogen) atoms. The van der Waals surface area contributed by atoms with Crippen molar-refractivity contribution in [2.75, 3.05) is 10.6 Å². The number of aliphatic hydroxyl groups is 1. The van der Waals surface area contributed by atoms with E-state index in [1.807, 2.05) is 0 Å². The molecule has 1 unspecified atom stereocenters. The van der Waals surface area contributed by atoms with E-state index in [4.69, 9.17) is 0 Å². The van der Waals surface area contributed by atoms with Crippen LogP contribution in [0.1, 0.15) is 30.9 Å². The van der Waals surface area contributed by atoms with Crippen LogP contribution in [-0.2, 0) is 4.79 Å². The third kappa shape index (κ3) is 4.29. The van der Waals surface area contributed by atoms with Gasteiger partial charge in [0.15, 0.2) is 0 Å². The molecule has 3 N–H and O–H groups in total. The van der Waals surface area contributed by atoms with E-state index in [1.165, 1.54) is 36.4 Å². The molecule has 3 rings (SSSR count). The number of hydrogen-bond acceptors (Lipinski definition) is 3. The van der Waals surface area contributed by atoms with E-state index < -0.39 is 23.6 Å². The molecular formula is C18H18F2N2O2. The number of carbonyl (C=O) groups excluding carboxylic acids is 1. The Morgan fingerprint density at radius 1 is 1.12 bits per heavy atom. The first-order valence-electron chi connectivity index (χ1n) is 7.81. The smallest absolute Gasteiger partial charge is 0.227 e. The van der Waals surface area contributed by atoms with Crippen molar-refractivity contribution in [2.24, 2.45) is 0 Å². The first-order valence-corrected chi connectivity index (χ1v) is 7.81. The van der Waals surface area contributed by atoms with Crippen LogP contribution in [-0.4, -0.2) is 17.1 Å². The Morgan fingerprint density at radius 3 is 2.58 bits per heavy atom. The summed E-state index contributed by atoms with van der Waals surface area (Å²) >= 11 is 0. The van der Waals surface area contributed by atoms with Crippen LogP contribution in [0.3, 0.4) is 0 Å². The highest BCUT2D eigenvalue weighted by Crippen LogP contribution is 2.30. The third-order valence-corrected chi connectivity index (χ3v) is 3.80. The second kappa shape index (κ2) is 6.97.